The van der Waals surface area contributed by atoms with E-state index in [1.165, 1.54) is 13.3 Å². The quantitative estimate of drug-likeness (QED) is 0.721. The molecule has 0 radical (unpaired) electrons. The number of rotatable bonds is 4. The molecule has 2 aliphatic rings. The van der Waals surface area contributed by atoms with Gasteiger partial charge in [0, 0.05) is 25.4 Å². The summed E-state index contributed by atoms with van der Waals surface area (Å²) in [5.74, 6) is 0.175. The standard InChI is InChI=1S/C19H18F3N7O2/c1-10-17-13(25-15(5-23)26-18(17)31-2)9-29(10)16(30)3-11-7-28(8-11)12-4-14(19(20,21)22)27-24-6-12/h4,6,10-11H,3,7-9H2,1-2H3. The summed E-state index contributed by atoms with van der Waals surface area (Å²) in [5.41, 5.74) is 0.562. The Morgan fingerprint density at radius 1 is 1.35 bits per heavy atom. The van der Waals surface area contributed by atoms with E-state index in [0.29, 0.717) is 30.0 Å². The van der Waals surface area contributed by atoms with Crippen molar-refractivity contribution in [3.8, 4) is 11.9 Å². The van der Waals surface area contributed by atoms with Crippen LogP contribution < -0.4 is 9.64 Å². The number of aromatic nitrogens is 4. The van der Waals surface area contributed by atoms with E-state index in [1.807, 2.05) is 13.0 Å². The minimum absolute atomic E-state index is 0.00793. The van der Waals surface area contributed by atoms with Gasteiger partial charge in [-0.05, 0) is 13.0 Å². The van der Waals surface area contributed by atoms with Crippen molar-refractivity contribution in [3.05, 3.63) is 35.0 Å². The normalized spacial score (nSPS) is 18.4. The highest BCUT2D eigenvalue weighted by Crippen LogP contribution is 2.39. The number of carbonyl (C=O) groups excluding carboxylic acids is 1. The van der Waals surface area contributed by atoms with Crippen molar-refractivity contribution in [1.82, 2.24) is 25.1 Å². The van der Waals surface area contributed by atoms with Crippen LogP contribution in [-0.4, -0.2) is 51.2 Å². The Kier molecular flexibility index (Phi) is 5.12. The molecule has 2 aromatic heterocycles. The van der Waals surface area contributed by atoms with Crippen LogP contribution >= 0.6 is 0 Å². The summed E-state index contributed by atoms with van der Waals surface area (Å²) in [6, 6.07) is 2.54. The van der Waals surface area contributed by atoms with E-state index in [0.717, 1.165) is 6.07 Å². The van der Waals surface area contributed by atoms with Crippen LogP contribution in [0, 0.1) is 17.2 Å². The molecule has 9 nitrogen and oxygen atoms in total. The minimum atomic E-state index is -4.56. The van der Waals surface area contributed by atoms with Gasteiger partial charge in [-0.3, -0.25) is 4.79 Å². The Balaban J connectivity index is 1.39. The van der Waals surface area contributed by atoms with Crippen LogP contribution in [0.15, 0.2) is 12.3 Å². The second-order valence-electron chi connectivity index (χ2n) is 7.50. The van der Waals surface area contributed by atoms with Gasteiger partial charge in [-0.25, -0.2) is 4.98 Å². The van der Waals surface area contributed by atoms with Gasteiger partial charge in [0.15, 0.2) is 5.69 Å². The smallest absolute Gasteiger partial charge is 0.435 e. The number of anilines is 1. The number of hydrogen-bond donors (Lipinski definition) is 0. The minimum Gasteiger partial charge on any atom is -0.481 e. The number of carbonyl (C=O) groups is 1. The van der Waals surface area contributed by atoms with Gasteiger partial charge in [-0.1, -0.05) is 0 Å². The largest absolute Gasteiger partial charge is 0.481 e. The maximum absolute atomic E-state index is 12.9. The summed E-state index contributed by atoms with van der Waals surface area (Å²) in [6.07, 6.45) is -3.02. The van der Waals surface area contributed by atoms with Gasteiger partial charge in [0.2, 0.25) is 17.6 Å². The number of hydrogen-bond acceptors (Lipinski definition) is 8. The molecule has 12 heteroatoms. The zero-order chi connectivity index (χ0) is 22.3. The topological polar surface area (TPSA) is 108 Å². The van der Waals surface area contributed by atoms with E-state index in [1.54, 1.807) is 9.80 Å². The van der Waals surface area contributed by atoms with Crippen LogP contribution in [-0.2, 0) is 17.5 Å². The van der Waals surface area contributed by atoms with E-state index in [2.05, 4.69) is 20.2 Å². The summed E-state index contributed by atoms with van der Waals surface area (Å²) in [6.45, 7) is 3.00. The van der Waals surface area contributed by atoms with Crippen molar-refractivity contribution in [2.24, 2.45) is 5.92 Å². The predicted molar refractivity (Wildman–Crippen MR) is 99.6 cm³/mol. The van der Waals surface area contributed by atoms with E-state index >= 15 is 0 Å². The van der Waals surface area contributed by atoms with Gasteiger partial charge in [0.05, 0.1) is 42.8 Å². The summed E-state index contributed by atoms with van der Waals surface area (Å²) in [4.78, 5) is 24.5. The molecular weight excluding hydrogens is 415 g/mol. The fraction of sp³-hybridized carbons (Fsp3) is 0.474. The molecule has 2 aromatic rings. The van der Waals surface area contributed by atoms with Crippen molar-refractivity contribution in [2.75, 3.05) is 25.1 Å². The zero-order valence-corrected chi connectivity index (χ0v) is 16.7. The summed E-state index contributed by atoms with van der Waals surface area (Å²) < 4.78 is 43.7. The number of amides is 1. The lowest BCUT2D eigenvalue weighted by atomic mass is 9.95. The van der Waals surface area contributed by atoms with Gasteiger partial charge in [-0.15, -0.1) is 5.10 Å². The Hall–Kier alpha value is -3.49. The van der Waals surface area contributed by atoms with E-state index in [9.17, 15) is 18.0 Å². The van der Waals surface area contributed by atoms with E-state index < -0.39 is 11.9 Å². The number of alkyl halides is 3. The number of fused-ring (bicyclic) bond motifs is 1. The van der Waals surface area contributed by atoms with Crippen LogP contribution in [0.4, 0.5) is 18.9 Å². The third-order valence-corrected chi connectivity index (χ3v) is 5.52. The Morgan fingerprint density at radius 3 is 2.74 bits per heavy atom. The first-order valence-electron chi connectivity index (χ1n) is 9.50. The molecule has 0 spiro atoms. The number of ether oxygens (including phenoxy) is 1. The highest BCUT2D eigenvalue weighted by Gasteiger charge is 2.39. The van der Waals surface area contributed by atoms with E-state index in [4.69, 9.17) is 10.00 Å². The van der Waals surface area contributed by atoms with Crippen LogP contribution in [0.1, 0.15) is 42.2 Å². The van der Waals surface area contributed by atoms with Gasteiger partial charge in [0.1, 0.15) is 6.07 Å². The molecule has 31 heavy (non-hydrogen) atoms. The first-order valence-corrected chi connectivity index (χ1v) is 9.50. The molecular formula is C19H18F3N7O2. The second kappa shape index (κ2) is 7.64. The SMILES string of the molecule is COc1nc(C#N)nc2c1C(C)N(C(=O)CC1CN(c3cnnc(C(F)(F)F)c3)C1)C2. The molecule has 0 aliphatic carbocycles. The molecule has 1 unspecified atom stereocenters. The Labute approximate surface area is 175 Å². The lowest BCUT2D eigenvalue weighted by molar-refractivity contribution is -0.141. The molecule has 2 aliphatic heterocycles. The first-order chi connectivity index (χ1) is 14.7. The third-order valence-electron chi connectivity index (χ3n) is 5.52. The van der Waals surface area contributed by atoms with Gasteiger partial charge >= 0.3 is 6.18 Å². The van der Waals surface area contributed by atoms with Crippen LogP contribution in [0.2, 0.25) is 0 Å². The fourth-order valence-electron chi connectivity index (χ4n) is 3.94. The molecule has 1 saturated heterocycles. The monoisotopic (exact) mass is 433 g/mol. The lowest BCUT2D eigenvalue weighted by Crippen LogP contribution is -2.49. The molecule has 162 valence electrons. The molecule has 0 aromatic carbocycles. The molecule has 0 saturated carbocycles. The Bertz CT molecular complexity index is 1060. The summed E-state index contributed by atoms with van der Waals surface area (Å²) in [5, 5.41) is 15.6. The van der Waals surface area contributed by atoms with E-state index in [-0.39, 0.29) is 42.5 Å². The van der Waals surface area contributed by atoms with Crippen LogP contribution in [0.5, 0.6) is 5.88 Å². The summed E-state index contributed by atoms with van der Waals surface area (Å²) >= 11 is 0. The Morgan fingerprint density at radius 2 is 2.10 bits per heavy atom. The number of methoxy groups -OCH3 is 1. The van der Waals surface area contributed by atoms with Gasteiger partial charge in [0.25, 0.3) is 0 Å². The fourth-order valence-corrected chi connectivity index (χ4v) is 3.94. The average molecular weight is 433 g/mol. The van der Waals surface area contributed by atoms with Crippen LogP contribution in [0.25, 0.3) is 0 Å². The molecule has 4 rings (SSSR count). The number of nitrogens with zero attached hydrogens (tertiary/aromatic N) is 7. The van der Waals surface area contributed by atoms with Crippen LogP contribution in [0.3, 0.4) is 0 Å². The molecule has 4 heterocycles. The van der Waals surface area contributed by atoms with Gasteiger partial charge < -0.3 is 14.5 Å². The molecule has 1 fully saturated rings. The highest BCUT2D eigenvalue weighted by molar-refractivity contribution is 5.78. The van der Waals surface area contributed by atoms with Crippen molar-refractivity contribution < 1.29 is 22.7 Å². The van der Waals surface area contributed by atoms with Gasteiger partial charge in [-0.2, -0.15) is 28.5 Å². The number of nitriles is 1. The summed E-state index contributed by atoms with van der Waals surface area (Å²) in [7, 11) is 1.45. The van der Waals surface area contributed by atoms with Crippen molar-refractivity contribution in [1.29, 1.82) is 5.26 Å². The van der Waals surface area contributed by atoms with Crippen molar-refractivity contribution in [3.63, 3.8) is 0 Å². The zero-order valence-electron chi connectivity index (χ0n) is 16.7. The average Bonchev–Trinajstić information content (AvgIpc) is 3.05. The molecule has 0 N–H and O–H groups in total. The predicted octanol–water partition coefficient (Wildman–Crippen LogP) is 2.10. The molecule has 1 atom stereocenters. The molecule has 1 amide bonds. The van der Waals surface area contributed by atoms with Crippen molar-refractivity contribution >= 4 is 11.6 Å². The maximum Gasteiger partial charge on any atom is 0.435 e. The third kappa shape index (κ3) is 3.83. The lowest BCUT2D eigenvalue weighted by Gasteiger charge is -2.41. The second-order valence-corrected chi connectivity index (χ2v) is 7.50. The first kappa shape index (κ1) is 20.8. The number of halogens is 3. The maximum atomic E-state index is 12.9. The van der Waals surface area contributed by atoms with Crippen molar-refractivity contribution in [2.45, 2.75) is 32.1 Å². The highest BCUT2D eigenvalue weighted by atomic mass is 19.4. The molecule has 0 bridgehead atoms.